The molecule has 91 heavy (non-hydrogen) atoms. The number of halogens is 1. The summed E-state index contributed by atoms with van der Waals surface area (Å²) in [5.41, 5.74) is 21.4. The quantitative estimate of drug-likeness (QED) is 0.0278. The van der Waals surface area contributed by atoms with E-state index in [1.165, 1.54) is 21.8 Å². The van der Waals surface area contributed by atoms with E-state index >= 15 is 0 Å². The number of H-pyrrole nitrogens is 1. The van der Waals surface area contributed by atoms with E-state index in [1.807, 2.05) is 92.7 Å². The van der Waals surface area contributed by atoms with E-state index in [4.69, 9.17) is 37.3 Å². The number of carbonyl (C=O) groups is 6. The molecule has 0 aliphatic heterocycles. The maximum absolute atomic E-state index is 13.5. The molecule has 7 aromatic carbocycles. The highest BCUT2D eigenvalue weighted by Crippen LogP contribution is 2.29. The first-order valence-corrected chi connectivity index (χ1v) is 30.0. The molecule has 462 valence electrons. The molecule has 9 N–H and O–H groups in total. The first kappa shape index (κ1) is 61.6. The van der Waals surface area contributed by atoms with Gasteiger partial charge in [-0.1, -0.05) is 90.5 Å². The number of aromatic nitrogens is 6. The minimum atomic E-state index is -0.356. The number of carbonyl (C=O) groups excluding carboxylic acids is 6. The summed E-state index contributed by atoms with van der Waals surface area (Å²) >= 11 is 6.23. The summed E-state index contributed by atoms with van der Waals surface area (Å²) in [6.45, 7) is 4.28. The number of ether oxygens (including phenoxy) is 3. The Morgan fingerprint density at radius 2 is 1.12 bits per heavy atom. The van der Waals surface area contributed by atoms with Crippen LogP contribution in [0.5, 0.6) is 17.2 Å². The minimum absolute atomic E-state index is 0.145. The Kier molecular flexibility index (Phi) is 18.9. The number of fused-ring (bicyclic) bond motifs is 1. The summed E-state index contributed by atoms with van der Waals surface area (Å²) in [5.74, 6) is 0.678. The molecule has 3 aromatic heterocycles. The van der Waals surface area contributed by atoms with Gasteiger partial charge in [-0.25, -0.2) is 14.3 Å². The van der Waals surface area contributed by atoms with Crippen LogP contribution in [0.1, 0.15) is 106 Å². The number of nitrogens with zero attached hydrogens (tertiary/aromatic N) is 5. The van der Waals surface area contributed by atoms with Gasteiger partial charge in [0, 0.05) is 45.9 Å². The van der Waals surface area contributed by atoms with E-state index in [0.29, 0.717) is 81.3 Å². The van der Waals surface area contributed by atoms with Crippen molar-refractivity contribution in [3.05, 3.63) is 237 Å². The largest absolute Gasteiger partial charge is 0.489 e. The van der Waals surface area contributed by atoms with Crippen LogP contribution in [0, 0.1) is 13.8 Å². The second kappa shape index (κ2) is 28.0. The van der Waals surface area contributed by atoms with Gasteiger partial charge < -0.3 is 51.9 Å². The average Bonchev–Trinajstić information content (AvgIpc) is 1.82. The average molecular weight is 1240 g/mol. The van der Waals surface area contributed by atoms with Crippen molar-refractivity contribution in [3.8, 4) is 28.6 Å². The van der Waals surface area contributed by atoms with Crippen molar-refractivity contribution in [3.63, 3.8) is 0 Å². The molecule has 22 heteroatoms. The van der Waals surface area contributed by atoms with Gasteiger partial charge in [0.25, 0.3) is 23.6 Å². The van der Waals surface area contributed by atoms with E-state index in [-0.39, 0.29) is 89.8 Å². The van der Waals surface area contributed by atoms with Crippen molar-refractivity contribution in [2.75, 3.05) is 31.2 Å². The van der Waals surface area contributed by atoms with Gasteiger partial charge in [-0.2, -0.15) is 10.2 Å². The monoisotopic (exact) mass is 1240 g/mol. The second-order valence-corrected chi connectivity index (χ2v) is 22.5. The minimum Gasteiger partial charge on any atom is -0.489 e. The Balaban J connectivity index is 0.000000189. The van der Waals surface area contributed by atoms with E-state index in [9.17, 15) is 28.8 Å². The Morgan fingerprint density at radius 3 is 1.67 bits per heavy atom. The SMILES string of the molecule is Cc1ccc(C(=O)NC2CC2)cc1-n1ncc(C(=O)c2cccc(OCC(=O)NCCc3cc(Cl)ccc3OCc3ccccc3)c2)c1N.Cc1ccc(C(=O)NC2CC2)cc1-n1ncc(C(=O)c2cccc(OCC(=O)NCc3nc4ccccc4[nH]3)c2)c1N. The summed E-state index contributed by atoms with van der Waals surface area (Å²) in [4.78, 5) is 84.7. The van der Waals surface area contributed by atoms with Gasteiger partial charge in [-0.3, -0.25) is 28.8 Å². The highest BCUT2D eigenvalue weighted by Gasteiger charge is 2.27. The van der Waals surface area contributed by atoms with Crippen LogP contribution in [0.15, 0.2) is 170 Å². The number of aromatic amines is 1. The van der Waals surface area contributed by atoms with Crippen molar-refractivity contribution >= 4 is 69.5 Å². The number of hydrogen-bond donors (Lipinski definition) is 7. The first-order valence-electron chi connectivity index (χ1n) is 29.6. The summed E-state index contributed by atoms with van der Waals surface area (Å²) in [7, 11) is 0. The molecule has 2 fully saturated rings. The molecular weight excluding hydrogens is 1180 g/mol. The molecule has 2 aliphatic carbocycles. The molecule has 3 heterocycles. The predicted octanol–water partition coefficient (Wildman–Crippen LogP) is 9.31. The zero-order valence-electron chi connectivity index (χ0n) is 49.8. The summed E-state index contributed by atoms with van der Waals surface area (Å²) in [6.07, 6.45) is 7.28. The van der Waals surface area contributed by atoms with Gasteiger partial charge in [0.05, 0.1) is 52.5 Å². The molecule has 10 aromatic rings. The van der Waals surface area contributed by atoms with Crippen LogP contribution in [0.4, 0.5) is 11.6 Å². The zero-order chi connectivity index (χ0) is 63.5. The molecule has 0 unspecified atom stereocenters. The molecule has 2 aliphatic rings. The number of anilines is 2. The van der Waals surface area contributed by atoms with E-state index in [0.717, 1.165) is 59.0 Å². The highest BCUT2D eigenvalue weighted by molar-refractivity contribution is 6.30. The Morgan fingerprint density at radius 1 is 0.582 bits per heavy atom. The number of nitrogens with one attached hydrogen (secondary N) is 5. The lowest BCUT2D eigenvalue weighted by molar-refractivity contribution is -0.123. The number of imidazole rings is 1. The van der Waals surface area contributed by atoms with Crippen LogP contribution in [-0.2, 0) is 29.2 Å². The van der Waals surface area contributed by atoms with Gasteiger partial charge in [-0.05, 0) is 147 Å². The number of benzene rings is 7. The highest BCUT2D eigenvalue weighted by atomic mass is 35.5. The van der Waals surface area contributed by atoms with Crippen LogP contribution in [0.2, 0.25) is 5.02 Å². The summed E-state index contributed by atoms with van der Waals surface area (Å²) in [5, 5.41) is 20.9. The first-order chi connectivity index (χ1) is 44.1. The Labute approximate surface area is 528 Å². The van der Waals surface area contributed by atoms with Gasteiger partial charge >= 0.3 is 0 Å². The van der Waals surface area contributed by atoms with Crippen LogP contribution >= 0.6 is 11.6 Å². The van der Waals surface area contributed by atoms with E-state index < -0.39 is 0 Å². The Bertz CT molecular complexity index is 4330. The lowest BCUT2D eigenvalue weighted by Gasteiger charge is -2.13. The van der Waals surface area contributed by atoms with Crippen LogP contribution in [0.25, 0.3) is 22.4 Å². The fourth-order valence-electron chi connectivity index (χ4n) is 9.79. The molecule has 0 bridgehead atoms. The molecule has 0 atom stereocenters. The predicted molar refractivity (Wildman–Crippen MR) is 344 cm³/mol. The maximum atomic E-state index is 13.5. The summed E-state index contributed by atoms with van der Waals surface area (Å²) in [6, 6.07) is 47.0. The van der Waals surface area contributed by atoms with Gasteiger partial charge in [0.2, 0.25) is 0 Å². The molecule has 0 saturated heterocycles. The fourth-order valence-corrected chi connectivity index (χ4v) is 9.99. The van der Waals surface area contributed by atoms with Crippen LogP contribution in [-0.4, -0.2) is 96.6 Å². The van der Waals surface area contributed by atoms with Crippen molar-refractivity contribution < 1.29 is 43.0 Å². The number of amides is 4. The third-order valence-electron chi connectivity index (χ3n) is 15.1. The van der Waals surface area contributed by atoms with Crippen LogP contribution < -0.4 is 46.9 Å². The van der Waals surface area contributed by atoms with Gasteiger partial charge in [0.1, 0.15) is 41.3 Å². The number of ketones is 2. The van der Waals surface area contributed by atoms with Gasteiger partial charge in [0.15, 0.2) is 24.8 Å². The molecule has 2 saturated carbocycles. The lowest BCUT2D eigenvalue weighted by Crippen LogP contribution is -2.30. The molecule has 12 rings (SSSR count). The molecular formula is C69H65ClN12O9. The number of nitrogens with two attached hydrogens (primary N) is 2. The standard InChI is InChI=1S/C38H36ClN5O5.C31H29N7O4/c1-24-10-11-28(38(47)43-30-13-14-30)20-33(24)44-37(40)32(21-42-44)36(46)27-8-5-9-31(19-27)48-23-35(45)41-17-16-26-18-29(39)12-15-34(26)49-22-25-6-3-2-4-7-25;1-18-9-10-20(31(41)35-21-11-12-21)14-26(18)38-30(32)23(15-34-38)29(40)19-5-4-6-22(13-19)42-17-28(39)33-16-27-36-24-7-2-3-8-25(24)37-27/h2-12,15,18-21,30H,13-14,16-17,22-23,40H2,1H3,(H,41,45)(H,43,47);2-10,13-15,21H,11-12,16-17,32H2,1H3,(H,33,39)(H,35,41)(H,36,37). The zero-order valence-corrected chi connectivity index (χ0v) is 50.6. The third kappa shape index (κ3) is 15.6. The topological polar surface area (TPSA) is 295 Å². The molecule has 0 spiro atoms. The van der Waals surface area contributed by atoms with E-state index in [1.54, 1.807) is 78.9 Å². The smallest absolute Gasteiger partial charge is 0.258 e. The summed E-state index contributed by atoms with van der Waals surface area (Å²) < 4.78 is 20.3. The number of nitrogen functional groups attached to an aromatic ring is 2. The number of aryl methyl sites for hydroxylation is 2. The lowest BCUT2D eigenvalue weighted by atomic mass is 10.1. The van der Waals surface area contributed by atoms with Crippen molar-refractivity contribution in [1.82, 2.24) is 50.8 Å². The van der Waals surface area contributed by atoms with Crippen molar-refractivity contribution in [1.29, 1.82) is 0 Å². The van der Waals surface area contributed by atoms with Crippen LogP contribution in [0.3, 0.4) is 0 Å². The number of rotatable bonds is 24. The van der Waals surface area contributed by atoms with E-state index in [2.05, 4.69) is 41.4 Å². The molecule has 21 nitrogen and oxygen atoms in total. The molecule has 0 radical (unpaired) electrons. The number of hydrogen-bond acceptors (Lipinski definition) is 14. The maximum Gasteiger partial charge on any atom is 0.258 e. The van der Waals surface area contributed by atoms with Gasteiger partial charge in [-0.15, -0.1) is 0 Å². The normalized spacial score (nSPS) is 12.5. The van der Waals surface area contributed by atoms with Crippen molar-refractivity contribution in [2.45, 2.75) is 71.2 Å². The third-order valence-corrected chi connectivity index (χ3v) is 15.4. The number of para-hydroxylation sites is 2. The fraction of sp³-hybridized carbons (Fsp3) is 0.203. The van der Waals surface area contributed by atoms with Crippen molar-refractivity contribution in [2.24, 2.45) is 0 Å². The second-order valence-electron chi connectivity index (χ2n) is 22.1. The molecule has 4 amide bonds. The Hall–Kier alpha value is -11.1.